The minimum Gasteiger partial charge on any atom is -0.339 e. The SMILES string of the molecule is N#Cc1ccc(N2CCS(=O)(=O)c3cc(C(=O)N4CCC(F)(F)CC4)ccc32)cc1. The van der Waals surface area contributed by atoms with Gasteiger partial charge in [-0.2, -0.15) is 5.26 Å². The van der Waals surface area contributed by atoms with Crippen molar-refractivity contribution in [2.24, 2.45) is 0 Å². The Labute approximate surface area is 173 Å². The van der Waals surface area contributed by atoms with Gasteiger partial charge in [-0.3, -0.25) is 4.79 Å². The zero-order valence-corrected chi connectivity index (χ0v) is 16.8. The highest BCUT2D eigenvalue weighted by Crippen LogP contribution is 2.37. The fraction of sp³-hybridized carbons (Fsp3) is 0.333. The van der Waals surface area contributed by atoms with E-state index in [1.54, 1.807) is 30.3 Å². The van der Waals surface area contributed by atoms with Crippen molar-refractivity contribution in [1.82, 2.24) is 4.90 Å². The van der Waals surface area contributed by atoms with Crippen LogP contribution < -0.4 is 4.90 Å². The number of sulfone groups is 1. The van der Waals surface area contributed by atoms with E-state index in [0.717, 1.165) is 5.69 Å². The first-order chi connectivity index (χ1) is 14.2. The molecule has 30 heavy (non-hydrogen) atoms. The first kappa shape index (κ1) is 20.3. The van der Waals surface area contributed by atoms with Crippen LogP contribution in [-0.4, -0.2) is 50.5 Å². The number of carbonyl (C=O) groups excluding carboxylic acids is 1. The highest BCUT2D eigenvalue weighted by molar-refractivity contribution is 7.91. The Balaban J connectivity index is 1.67. The third-order valence-electron chi connectivity index (χ3n) is 5.51. The maximum Gasteiger partial charge on any atom is 0.253 e. The van der Waals surface area contributed by atoms with Crippen molar-refractivity contribution in [3.8, 4) is 6.07 Å². The molecule has 0 bridgehead atoms. The van der Waals surface area contributed by atoms with Crippen LogP contribution in [0.25, 0.3) is 0 Å². The molecule has 2 aromatic carbocycles. The monoisotopic (exact) mass is 431 g/mol. The lowest BCUT2D eigenvalue weighted by atomic mass is 10.1. The van der Waals surface area contributed by atoms with E-state index < -0.39 is 34.5 Å². The molecule has 0 atom stereocenters. The number of fused-ring (bicyclic) bond motifs is 1. The summed E-state index contributed by atoms with van der Waals surface area (Å²) in [5, 5.41) is 8.96. The molecule has 0 aliphatic carbocycles. The summed E-state index contributed by atoms with van der Waals surface area (Å²) in [6, 6.07) is 13.3. The number of likely N-dealkylation sites (tertiary alicyclic amines) is 1. The largest absolute Gasteiger partial charge is 0.339 e. The van der Waals surface area contributed by atoms with Crippen LogP contribution >= 0.6 is 0 Å². The normalized spacial score (nSPS) is 19.6. The fourth-order valence-corrected chi connectivity index (χ4v) is 5.21. The third-order valence-corrected chi connectivity index (χ3v) is 7.22. The van der Waals surface area contributed by atoms with Crippen molar-refractivity contribution >= 4 is 27.1 Å². The standard InChI is InChI=1S/C21H19F2N3O3S/c22-21(23)7-9-25(10-8-21)20(27)16-3-6-18-19(13-16)30(28,29)12-11-26(18)17-4-1-15(14-24)2-5-17/h1-6,13H,7-12H2. The number of nitrogens with zero attached hydrogens (tertiary/aromatic N) is 3. The van der Waals surface area contributed by atoms with Gasteiger partial charge in [0.05, 0.1) is 28.0 Å². The summed E-state index contributed by atoms with van der Waals surface area (Å²) in [6.45, 7) is 0.121. The zero-order valence-electron chi connectivity index (χ0n) is 16.0. The topological polar surface area (TPSA) is 81.5 Å². The number of halogens is 2. The number of amides is 1. The Morgan fingerprint density at radius 3 is 2.33 bits per heavy atom. The van der Waals surface area contributed by atoms with Gasteiger partial charge < -0.3 is 9.80 Å². The number of anilines is 2. The molecular formula is C21H19F2N3O3S. The Bertz CT molecular complexity index is 1130. The molecule has 1 saturated heterocycles. The van der Waals surface area contributed by atoms with Crippen LogP contribution in [0.2, 0.25) is 0 Å². The first-order valence-corrected chi connectivity index (χ1v) is 11.2. The second-order valence-corrected chi connectivity index (χ2v) is 9.54. The van der Waals surface area contributed by atoms with E-state index in [1.807, 2.05) is 11.0 Å². The van der Waals surface area contributed by atoms with Crippen molar-refractivity contribution in [3.05, 3.63) is 53.6 Å². The smallest absolute Gasteiger partial charge is 0.253 e. The summed E-state index contributed by atoms with van der Waals surface area (Å²) in [6.07, 6.45) is -0.789. The second-order valence-electron chi connectivity index (χ2n) is 7.46. The Hall–Kier alpha value is -2.99. The van der Waals surface area contributed by atoms with Gasteiger partial charge in [0, 0.05) is 43.7 Å². The number of carbonyl (C=O) groups is 1. The van der Waals surface area contributed by atoms with E-state index in [-0.39, 0.29) is 35.8 Å². The molecule has 0 saturated carbocycles. The summed E-state index contributed by atoms with van der Waals surface area (Å²) in [5.74, 6) is -3.33. The number of nitriles is 1. The summed E-state index contributed by atoms with van der Waals surface area (Å²) < 4.78 is 52.1. The van der Waals surface area contributed by atoms with Gasteiger partial charge in [-0.05, 0) is 42.5 Å². The summed E-state index contributed by atoms with van der Waals surface area (Å²) >= 11 is 0. The van der Waals surface area contributed by atoms with Gasteiger partial charge in [0.1, 0.15) is 0 Å². The molecule has 156 valence electrons. The average Bonchev–Trinajstić information content (AvgIpc) is 2.73. The van der Waals surface area contributed by atoms with Crippen molar-refractivity contribution in [1.29, 1.82) is 5.26 Å². The molecule has 0 unspecified atom stereocenters. The van der Waals surface area contributed by atoms with Crippen molar-refractivity contribution < 1.29 is 22.0 Å². The van der Waals surface area contributed by atoms with E-state index in [0.29, 0.717) is 11.3 Å². The highest BCUT2D eigenvalue weighted by atomic mass is 32.2. The molecule has 0 radical (unpaired) electrons. The van der Waals surface area contributed by atoms with Crippen LogP contribution in [0.15, 0.2) is 47.4 Å². The highest BCUT2D eigenvalue weighted by Gasteiger charge is 2.36. The van der Waals surface area contributed by atoms with E-state index in [2.05, 4.69) is 0 Å². The number of hydrogen-bond donors (Lipinski definition) is 0. The second kappa shape index (κ2) is 7.36. The number of rotatable bonds is 2. The van der Waals surface area contributed by atoms with Crippen molar-refractivity contribution in [2.45, 2.75) is 23.7 Å². The van der Waals surface area contributed by atoms with Gasteiger partial charge in [0.15, 0.2) is 9.84 Å². The quantitative estimate of drug-likeness (QED) is 0.728. The predicted octanol–water partition coefficient (Wildman–Crippen LogP) is 3.35. The molecular weight excluding hydrogens is 412 g/mol. The molecule has 2 aromatic rings. The Morgan fingerprint density at radius 1 is 1.03 bits per heavy atom. The molecule has 6 nitrogen and oxygen atoms in total. The first-order valence-electron chi connectivity index (χ1n) is 9.52. The summed E-state index contributed by atoms with van der Waals surface area (Å²) in [7, 11) is -3.59. The maximum atomic E-state index is 13.4. The minimum atomic E-state index is -3.59. The Morgan fingerprint density at radius 2 is 1.70 bits per heavy atom. The predicted molar refractivity (Wildman–Crippen MR) is 107 cm³/mol. The maximum absolute atomic E-state index is 13.4. The minimum absolute atomic E-state index is 0.0475. The molecule has 1 fully saturated rings. The molecule has 2 aliphatic heterocycles. The van der Waals surface area contributed by atoms with Gasteiger partial charge in [0.2, 0.25) is 0 Å². The molecule has 0 N–H and O–H groups in total. The van der Waals surface area contributed by atoms with E-state index in [4.69, 9.17) is 5.26 Å². The van der Waals surface area contributed by atoms with E-state index >= 15 is 0 Å². The average molecular weight is 431 g/mol. The third kappa shape index (κ3) is 3.75. The van der Waals surface area contributed by atoms with Gasteiger partial charge >= 0.3 is 0 Å². The van der Waals surface area contributed by atoms with Gasteiger partial charge in [-0.15, -0.1) is 0 Å². The van der Waals surface area contributed by atoms with Crippen LogP contribution in [0, 0.1) is 11.3 Å². The van der Waals surface area contributed by atoms with Crippen LogP contribution in [-0.2, 0) is 9.84 Å². The van der Waals surface area contributed by atoms with E-state index in [9.17, 15) is 22.0 Å². The van der Waals surface area contributed by atoms with Gasteiger partial charge in [-0.1, -0.05) is 0 Å². The molecule has 2 aliphatic rings. The number of benzene rings is 2. The molecule has 2 heterocycles. The Kier molecular flexibility index (Phi) is 4.98. The summed E-state index contributed by atoms with van der Waals surface area (Å²) in [5.41, 5.74) is 1.86. The van der Waals surface area contributed by atoms with Crippen LogP contribution in [0.3, 0.4) is 0 Å². The van der Waals surface area contributed by atoms with Crippen LogP contribution in [0.1, 0.15) is 28.8 Å². The molecule has 4 rings (SSSR count). The van der Waals surface area contributed by atoms with Crippen LogP contribution in [0.4, 0.5) is 20.2 Å². The zero-order chi connectivity index (χ0) is 21.5. The number of piperidine rings is 1. The summed E-state index contributed by atoms with van der Waals surface area (Å²) in [4.78, 5) is 16.0. The van der Waals surface area contributed by atoms with Gasteiger partial charge in [0.25, 0.3) is 11.8 Å². The molecule has 1 amide bonds. The lowest BCUT2D eigenvalue weighted by Crippen LogP contribution is -2.42. The van der Waals surface area contributed by atoms with Crippen molar-refractivity contribution in [2.75, 3.05) is 30.3 Å². The lowest BCUT2D eigenvalue weighted by Gasteiger charge is -2.33. The molecule has 9 heteroatoms. The van der Waals surface area contributed by atoms with E-state index in [1.165, 1.54) is 17.0 Å². The number of hydrogen-bond acceptors (Lipinski definition) is 5. The lowest BCUT2D eigenvalue weighted by molar-refractivity contribution is -0.0494. The molecule has 0 spiro atoms. The number of alkyl halides is 2. The molecule has 0 aromatic heterocycles. The fourth-order valence-electron chi connectivity index (χ4n) is 3.76. The van der Waals surface area contributed by atoms with Gasteiger partial charge in [-0.25, -0.2) is 17.2 Å². The van der Waals surface area contributed by atoms with Crippen LogP contribution in [0.5, 0.6) is 0 Å². The van der Waals surface area contributed by atoms with Crippen molar-refractivity contribution in [3.63, 3.8) is 0 Å².